The second-order valence-corrected chi connectivity index (χ2v) is 6.47. The fourth-order valence-corrected chi connectivity index (χ4v) is 3.10. The number of benzene rings is 1. The molecule has 2 N–H and O–H groups in total. The zero-order chi connectivity index (χ0) is 15.5. The van der Waals surface area contributed by atoms with Crippen molar-refractivity contribution < 1.29 is 9.90 Å². The number of halogens is 1. The van der Waals surface area contributed by atoms with E-state index >= 15 is 0 Å². The van der Waals surface area contributed by atoms with E-state index in [0.29, 0.717) is 11.6 Å². The summed E-state index contributed by atoms with van der Waals surface area (Å²) in [6.45, 7) is 2.67. The van der Waals surface area contributed by atoms with Crippen LogP contribution in [0.4, 0.5) is 5.69 Å². The Morgan fingerprint density at radius 1 is 1.43 bits per heavy atom. The van der Waals surface area contributed by atoms with Crippen molar-refractivity contribution in [1.82, 2.24) is 4.90 Å². The average molecular weight is 311 g/mol. The van der Waals surface area contributed by atoms with E-state index < -0.39 is 5.60 Å². The summed E-state index contributed by atoms with van der Waals surface area (Å²) in [6.07, 6.45) is 3.79. The van der Waals surface area contributed by atoms with E-state index in [4.69, 9.17) is 11.6 Å². The Hall–Kier alpha value is -1.10. The number of nitrogens with zero attached hydrogens (tertiary/aromatic N) is 1. The number of hydrogen-bond donors (Lipinski definition) is 2. The van der Waals surface area contributed by atoms with E-state index in [9.17, 15) is 9.90 Å². The van der Waals surface area contributed by atoms with Gasteiger partial charge in [0.15, 0.2) is 0 Å². The summed E-state index contributed by atoms with van der Waals surface area (Å²) >= 11 is 6.04. The third-order valence-electron chi connectivity index (χ3n) is 4.05. The van der Waals surface area contributed by atoms with Crippen molar-refractivity contribution in [2.45, 2.75) is 38.2 Å². The van der Waals surface area contributed by atoms with Gasteiger partial charge in [0.1, 0.15) is 0 Å². The van der Waals surface area contributed by atoms with Crippen molar-refractivity contribution in [3.8, 4) is 0 Å². The van der Waals surface area contributed by atoms with Crippen LogP contribution in [0.1, 0.15) is 31.2 Å². The van der Waals surface area contributed by atoms with Crippen LogP contribution in [-0.4, -0.2) is 41.7 Å². The molecule has 5 heteroatoms. The molecule has 1 aliphatic rings. The molecule has 1 aliphatic carbocycles. The van der Waals surface area contributed by atoms with Gasteiger partial charge in [0.25, 0.3) is 0 Å². The molecule has 0 heterocycles. The van der Waals surface area contributed by atoms with Gasteiger partial charge >= 0.3 is 0 Å². The van der Waals surface area contributed by atoms with Gasteiger partial charge in [0, 0.05) is 17.3 Å². The van der Waals surface area contributed by atoms with Crippen molar-refractivity contribution in [1.29, 1.82) is 0 Å². The molecule has 0 radical (unpaired) electrons. The standard InChI is InChI=1S/C16H23ClN2O2/c1-12-13(17)6-5-7-14(12)18-15(20)10-19(2)11-16(21)8-3-4-9-16/h5-7,21H,3-4,8-11H2,1-2H3,(H,18,20). The highest BCUT2D eigenvalue weighted by Gasteiger charge is 2.32. The minimum Gasteiger partial charge on any atom is -0.389 e. The Bertz CT molecular complexity index is 513. The van der Waals surface area contributed by atoms with Gasteiger partial charge in [0.2, 0.25) is 5.91 Å². The van der Waals surface area contributed by atoms with Crippen molar-refractivity contribution in [2.24, 2.45) is 0 Å². The van der Waals surface area contributed by atoms with Gasteiger partial charge in [-0.1, -0.05) is 30.5 Å². The molecule has 0 unspecified atom stereocenters. The molecule has 21 heavy (non-hydrogen) atoms. The van der Waals surface area contributed by atoms with E-state index in [1.165, 1.54) is 0 Å². The summed E-state index contributed by atoms with van der Waals surface area (Å²) in [5, 5.41) is 13.9. The van der Waals surface area contributed by atoms with Crippen molar-refractivity contribution in [3.63, 3.8) is 0 Å². The van der Waals surface area contributed by atoms with Crippen LogP contribution in [0.2, 0.25) is 5.02 Å². The predicted octanol–water partition coefficient (Wildman–Crippen LogP) is 2.82. The summed E-state index contributed by atoms with van der Waals surface area (Å²) in [4.78, 5) is 14.0. The lowest BCUT2D eigenvalue weighted by Gasteiger charge is -2.28. The molecule has 1 saturated carbocycles. The predicted molar refractivity (Wildman–Crippen MR) is 85.7 cm³/mol. The van der Waals surface area contributed by atoms with Crippen LogP contribution in [0.5, 0.6) is 0 Å². The van der Waals surface area contributed by atoms with E-state index in [2.05, 4.69) is 5.32 Å². The minimum atomic E-state index is -0.624. The third kappa shape index (κ3) is 4.43. The number of anilines is 1. The van der Waals surface area contributed by atoms with Crippen molar-refractivity contribution in [2.75, 3.05) is 25.5 Å². The molecule has 1 fully saturated rings. The molecule has 0 atom stereocenters. The quantitative estimate of drug-likeness (QED) is 0.879. The van der Waals surface area contributed by atoms with Gasteiger partial charge in [-0.15, -0.1) is 0 Å². The number of rotatable bonds is 5. The number of carbonyl (C=O) groups is 1. The minimum absolute atomic E-state index is 0.0931. The maximum atomic E-state index is 12.1. The van der Waals surface area contributed by atoms with Crippen LogP contribution in [0, 0.1) is 6.92 Å². The number of hydrogen-bond acceptors (Lipinski definition) is 3. The summed E-state index contributed by atoms with van der Waals surface area (Å²) in [7, 11) is 1.86. The van der Waals surface area contributed by atoms with Crippen LogP contribution < -0.4 is 5.32 Å². The number of nitrogens with one attached hydrogen (secondary N) is 1. The number of likely N-dealkylation sites (N-methyl/N-ethyl adjacent to an activating group) is 1. The van der Waals surface area contributed by atoms with Gasteiger partial charge in [-0.05, 0) is 44.5 Å². The number of aliphatic hydroxyl groups is 1. The molecule has 0 aromatic heterocycles. The molecular weight excluding hydrogens is 288 g/mol. The Labute approximate surface area is 131 Å². The second-order valence-electron chi connectivity index (χ2n) is 6.06. The first-order chi connectivity index (χ1) is 9.89. The molecule has 0 aliphatic heterocycles. The maximum absolute atomic E-state index is 12.1. The molecule has 2 rings (SSSR count). The van der Waals surface area contributed by atoms with Crippen LogP contribution in [0.3, 0.4) is 0 Å². The van der Waals surface area contributed by atoms with Crippen LogP contribution in [0.15, 0.2) is 18.2 Å². The average Bonchev–Trinajstić information content (AvgIpc) is 2.81. The molecule has 0 saturated heterocycles. The molecule has 116 valence electrons. The fourth-order valence-electron chi connectivity index (χ4n) is 2.93. The zero-order valence-corrected chi connectivity index (χ0v) is 13.4. The molecule has 4 nitrogen and oxygen atoms in total. The van der Waals surface area contributed by atoms with E-state index in [-0.39, 0.29) is 12.5 Å². The van der Waals surface area contributed by atoms with Gasteiger partial charge in [0.05, 0.1) is 12.1 Å². The van der Waals surface area contributed by atoms with Crippen LogP contribution >= 0.6 is 11.6 Å². The largest absolute Gasteiger partial charge is 0.389 e. The first-order valence-electron chi connectivity index (χ1n) is 7.35. The van der Waals surface area contributed by atoms with E-state index in [1.807, 2.05) is 31.0 Å². The highest BCUT2D eigenvalue weighted by Crippen LogP contribution is 2.29. The number of carbonyl (C=O) groups excluding carboxylic acids is 1. The molecular formula is C16H23ClN2O2. The maximum Gasteiger partial charge on any atom is 0.238 e. The Morgan fingerprint density at radius 2 is 2.10 bits per heavy atom. The monoisotopic (exact) mass is 310 g/mol. The summed E-state index contributed by atoms with van der Waals surface area (Å²) in [6, 6.07) is 5.45. The van der Waals surface area contributed by atoms with E-state index in [0.717, 1.165) is 36.9 Å². The molecule has 1 aromatic carbocycles. The highest BCUT2D eigenvalue weighted by molar-refractivity contribution is 6.31. The fraction of sp³-hybridized carbons (Fsp3) is 0.562. The van der Waals surface area contributed by atoms with Gasteiger partial charge in [-0.25, -0.2) is 0 Å². The lowest BCUT2D eigenvalue weighted by molar-refractivity contribution is -0.117. The third-order valence-corrected chi connectivity index (χ3v) is 4.46. The molecule has 0 bridgehead atoms. The van der Waals surface area contributed by atoms with Gasteiger partial charge < -0.3 is 10.4 Å². The summed E-state index contributed by atoms with van der Waals surface area (Å²) < 4.78 is 0. The van der Waals surface area contributed by atoms with E-state index in [1.54, 1.807) is 6.07 Å². The zero-order valence-electron chi connectivity index (χ0n) is 12.7. The topological polar surface area (TPSA) is 52.6 Å². The molecule has 1 aromatic rings. The normalized spacial score (nSPS) is 17.2. The molecule has 1 amide bonds. The first-order valence-corrected chi connectivity index (χ1v) is 7.73. The summed E-state index contributed by atoms with van der Waals surface area (Å²) in [5.74, 6) is -0.0931. The Balaban J connectivity index is 1.88. The van der Waals surface area contributed by atoms with Gasteiger partial charge in [-0.3, -0.25) is 9.69 Å². The summed E-state index contributed by atoms with van der Waals surface area (Å²) in [5.41, 5.74) is 0.978. The van der Waals surface area contributed by atoms with Crippen LogP contribution in [-0.2, 0) is 4.79 Å². The van der Waals surface area contributed by atoms with Gasteiger partial charge in [-0.2, -0.15) is 0 Å². The number of amides is 1. The SMILES string of the molecule is Cc1c(Cl)cccc1NC(=O)CN(C)CC1(O)CCCC1. The lowest BCUT2D eigenvalue weighted by Crippen LogP contribution is -2.42. The van der Waals surface area contributed by atoms with Crippen molar-refractivity contribution in [3.05, 3.63) is 28.8 Å². The Morgan fingerprint density at radius 3 is 2.76 bits per heavy atom. The second kappa shape index (κ2) is 6.77. The van der Waals surface area contributed by atoms with Crippen LogP contribution in [0.25, 0.3) is 0 Å². The smallest absolute Gasteiger partial charge is 0.238 e. The van der Waals surface area contributed by atoms with Crippen molar-refractivity contribution >= 4 is 23.2 Å². The Kier molecular flexibility index (Phi) is 5.25. The highest BCUT2D eigenvalue weighted by atomic mass is 35.5. The molecule has 0 spiro atoms. The lowest BCUT2D eigenvalue weighted by atomic mass is 10.0. The first kappa shape index (κ1) is 16.3.